The summed E-state index contributed by atoms with van der Waals surface area (Å²) >= 11 is 9.44. The van der Waals surface area contributed by atoms with Gasteiger partial charge >= 0.3 is 0 Å². The zero-order valence-electron chi connectivity index (χ0n) is 10.6. The molecule has 0 bridgehead atoms. The molecule has 100 valence electrons. The van der Waals surface area contributed by atoms with Gasteiger partial charge in [0.25, 0.3) is 0 Å². The zero-order valence-corrected chi connectivity index (χ0v) is 12.9. The largest absolute Gasteiger partial charge is 0.330 e. The highest BCUT2D eigenvalue weighted by atomic mass is 79.9. The molecule has 2 nitrogen and oxygen atoms in total. The first kappa shape index (κ1) is 15.7. The van der Waals surface area contributed by atoms with Crippen LogP contribution in [-0.4, -0.2) is 12.3 Å². The Bertz CT molecular complexity index is 409. The minimum atomic E-state index is 0.239. The molecule has 1 rings (SSSR count). The zero-order chi connectivity index (χ0) is 13.5. The number of halogens is 2. The van der Waals surface area contributed by atoms with Crippen molar-refractivity contribution in [2.75, 3.05) is 6.54 Å². The number of ketones is 1. The molecule has 0 aliphatic heterocycles. The highest BCUT2D eigenvalue weighted by molar-refractivity contribution is 9.10. The number of carbonyl (C=O) groups excluding carboxylic acids is 1. The normalized spacial score (nSPS) is 12.4. The second-order valence-electron chi connectivity index (χ2n) is 4.67. The Morgan fingerprint density at radius 2 is 2.17 bits per heavy atom. The molecular weight excluding hydrogens is 314 g/mol. The fourth-order valence-electron chi connectivity index (χ4n) is 1.80. The first-order valence-electron chi connectivity index (χ1n) is 6.18. The number of hydrogen-bond donors (Lipinski definition) is 1. The first-order valence-corrected chi connectivity index (χ1v) is 7.35. The molecule has 1 unspecified atom stereocenters. The molecule has 0 amide bonds. The van der Waals surface area contributed by atoms with E-state index in [-0.39, 0.29) is 5.78 Å². The van der Waals surface area contributed by atoms with E-state index in [0.29, 0.717) is 30.3 Å². The van der Waals surface area contributed by atoms with E-state index in [4.69, 9.17) is 17.3 Å². The standard InChI is InChI=1S/C14H19BrClNO/c1-10(6-7-17)2-5-13(18)8-11-3-4-12(15)9-14(11)16/h3-4,9-10H,2,5-8,17H2,1H3. The second-order valence-corrected chi connectivity index (χ2v) is 6.00. The topological polar surface area (TPSA) is 43.1 Å². The van der Waals surface area contributed by atoms with E-state index in [1.165, 1.54) is 0 Å². The van der Waals surface area contributed by atoms with Crippen molar-refractivity contribution in [2.24, 2.45) is 11.7 Å². The Balaban J connectivity index is 2.44. The summed E-state index contributed by atoms with van der Waals surface area (Å²) in [6.45, 7) is 2.82. The highest BCUT2D eigenvalue weighted by Gasteiger charge is 2.09. The van der Waals surface area contributed by atoms with Crippen LogP contribution in [0.3, 0.4) is 0 Å². The summed E-state index contributed by atoms with van der Waals surface area (Å²) in [5.41, 5.74) is 6.39. The van der Waals surface area contributed by atoms with E-state index >= 15 is 0 Å². The van der Waals surface area contributed by atoms with Crippen molar-refractivity contribution >= 4 is 33.3 Å². The van der Waals surface area contributed by atoms with Crippen LogP contribution < -0.4 is 5.73 Å². The van der Waals surface area contributed by atoms with Crippen molar-refractivity contribution in [2.45, 2.75) is 32.6 Å². The molecule has 1 aromatic carbocycles. The van der Waals surface area contributed by atoms with Crippen LogP contribution in [0.2, 0.25) is 5.02 Å². The third-order valence-electron chi connectivity index (χ3n) is 2.98. The van der Waals surface area contributed by atoms with Gasteiger partial charge in [0.05, 0.1) is 0 Å². The monoisotopic (exact) mass is 331 g/mol. The molecule has 0 saturated carbocycles. The van der Waals surface area contributed by atoms with E-state index < -0.39 is 0 Å². The molecule has 0 spiro atoms. The van der Waals surface area contributed by atoms with E-state index in [2.05, 4.69) is 22.9 Å². The van der Waals surface area contributed by atoms with Crippen molar-refractivity contribution in [3.05, 3.63) is 33.3 Å². The quantitative estimate of drug-likeness (QED) is 0.820. The Morgan fingerprint density at radius 3 is 2.78 bits per heavy atom. The third-order valence-corrected chi connectivity index (χ3v) is 3.82. The van der Waals surface area contributed by atoms with Crippen molar-refractivity contribution in [1.29, 1.82) is 0 Å². The van der Waals surface area contributed by atoms with E-state index in [1.54, 1.807) is 0 Å². The van der Waals surface area contributed by atoms with Gasteiger partial charge in [0.15, 0.2) is 0 Å². The van der Waals surface area contributed by atoms with Gasteiger partial charge < -0.3 is 5.73 Å². The first-order chi connectivity index (χ1) is 8.52. The third kappa shape index (κ3) is 5.51. The van der Waals surface area contributed by atoms with Crippen LogP contribution >= 0.6 is 27.5 Å². The Kier molecular flexibility index (Phi) is 6.90. The lowest BCUT2D eigenvalue weighted by Gasteiger charge is -2.09. The molecule has 18 heavy (non-hydrogen) atoms. The summed E-state index contributed by atoms with van der Waals surface area (Å²) in [6, 6.07) is 5.63. The summed E-state index contributed by atoms with van der Waals surface area (Å²) in [4.78, 5) is 11.9. The van der Waals surface area contributed by atoms with Crippen molar-refractivity contribution in [3.8, 4) is 0 Å². The van der Waals surface area contributed by atoms with Gasteiger partial charge in [-0.2, -0.15) is 0 Å². The predicted octanol–water partition coefficient (Wildman–Crippen LogP) is 3.98. The molecule has 2 N–H and O–H groups in total. The highest BCUT2D eigenvalue weighted by Crippen LogP contribution is 2.22. The van der Waals surface area contributed by atoms with Gasteiger partial charge in [-0.3, -0.25) is 4.79 Å². The minimum Gasteiger partial charge on any atom is -0.330 e. The SMILES string of the molecule is CC(CCN)CCC(=O)Cc1ccc(Br)cc1Cl. The smallest absolute Gasteiger partial charge is 0.137 e. The fraction of sp³-hybridized carbons (Fsp3) is 0.500. The van der Waals surface area contributed by atoms with Crippen LogP contribution in [0.5, 0.6) is 0 Å². The summed E-state index contributed by atoms with van der Waals surface area (Å²) < 4.78 is 0.931. The van der Waals surface area contributed by atoms with Crippen LogP contribution in [0.15, 0.2) is 22.7 Å². The van der Waals surface area contributed by atoms with Gasteiger partial charge in [-0.05, 0) is 43.0 Å². The number of carbonyl (C=O) groups is 1. The Labute approximate surface area is 122 Å². The summed E-state index contributed by atoms with van der Waals surface area (Å²) in [5, 5.41) is 0.646. The summed E-state index contributed by atoms with van der Waals surface area (Å²) in [5.74, 6) is 0.752. The maximum Gasteiger partial charge on any atom is 0.137 e. The van der Waals surface area contributed by atoms with Crippen molar-refractivity contribution < 1.29 is 4.79 Å². The summed E-state index contributed by atoms with van der Waals surface area (Å²) in [6.07, 6.45) is 2.91. The van der Waals surface area contributed by atoms with Crippen LogP contribution in [0.4, 0.5) is 0 Å². The van der Waals surface area contributed by atoms with Crippen LogP contribution in [-0.2, 0) is 11.2 Å². The van der Waals surface area contributed by atoms with Crippen LogP contribution in [0, 0.1) is 5.92 Å². The predicted molar refractivity (Wildman–Crippen MR) is 79.9 cm³/mol. The average molecular weight is 333 g/mol. The number of hydrogen-bond acceptors (Lipinski definition) is 2. The molecule has 0 aromatic heterocycles. The van der Waals surface area contributed by atoms with Gasteiger partial charge in [-0.25, -0.2) is 0 Å². The van der Waals surface area contributed by atoms with E-state index in [0.717, 1.165) is 22.9 Å². The molecule has 0 fully saturated rings. The number of rotatable bonds is 7. The van der Waals surface area contributed by atoms with Crippen molar-refractivity contribution in [3.63, 3.8) is 0 Å². The molecule has 0 aliphatic rings. The van der Waals surface area contributed by atoms with Crippen LogP contribution in [0.25, 0.3) is 0 Å². The van der Waals surface area contributed by atoms with Gasteiger partial charge in [-0.1, -0.05) is 40.5 Å². The van der Waals surface area contributed by atoms with Crippen LogP contribution in [0.1, 0.15) is 31.7 Å². The molecule has 0 radical (unpaired) electrons. The molecule has 1 atom stereocenters. The number of benzene rings is 1. The van der Waals surface area contributed by atoms with Crippen molar-refractivity contribution in [1.82, 2.24) is 0 Å². The lowest BCUT2D eigenvalue weighted by molar-refractivity contribution is -0.118. The minimum absolute atomic E-state index is 0.239. The van der Waals surface area contributed by atoms with Gasteiger partial charge in [0.1, 0.15) is 5.78 Å². The van der Waals surface area contributed by atoms with E-state index in [9.17, 15) is 4.79 Å². The van der Waals surface area contributed by atoms with Gasteiger partial charge in [0, 0.05) is 22.3 Å². The molecule has 0 aliphatic carbocycles. The fourth-order valence-corrected chi connectivity index (χ4v) is 2.54. The summed E-state index contributed by atoms with van der Waals surface area (Å²) in [7, 11) is 0. The van der Waals surface area contributed by atoms with Gasteiger partial charge in [-0.15, -0.1) is 0 Å². The maximum absolute atomic E-state index is 11.9. The molecule has 0 saturated heterocycles. The Morgan fingerprint density at radius 1 is 1.44 bits per heavy atom. The lowest BCUT2D eigenvalue weighted by atomic mass is 9.98. The Hall–Kier alpha value is -0.380. The second kappa shape index (κ2) is 7.93. The average Bonchev–Trinajstić information content (AvgIpc) is 2.31. The van der Waals surface area contributed by atoms with E-state index in [1.807, 2.05) is 18.2 Å². The lowest BCUT2D eigenvalue weighted by Crippen LogP contribution is -2.09. The molecular formula is C14H19BrClNO. The van der Waals surface area contributed by atoms with Gasteiger partial charge in [0.2, 0.25) is 0 Å². The number of Topliss-reactive ketones (excluding diaryl/α,β-unsaturated/α-hetero) is 1. The maximum atomic E-state index is 11.9. The molecule has 0 heterocycles. The molecule has 4 heteroatoms. The number of nitrogens with two attached hydrogens (primary N) is 1. The molecule has 1 aromatic rings.